The van der Waals surface area contributed by atoms with E-state index in [1.165, 1.54) is 0 Å². The van der Waals surface area contributed by atoms with Gasteiger partial charge in [-0.25, -0.2) is 4.79 Å². The molecule has 1 N–H and O–H groups in total. The van der Waals surface area contributed by atoms with Crippen LogP contribution >= 0.6 is 11.3 Å². The molecule has 20 heavy (non-hydrogen) atoms. The Kier molecular flexibility index (Phi) is 5.38. The number of ether oxygens (including phenoxy) is 1. The average molecular weight is 287 g/mol. The van der Waals surface area contributed by atoms with Crippen molar-refractivity contribution in [2.45, 2.75) is 19.6 Å². The van der Waals surface area contributed by atoms with Gasteiger partial charge in [-0.15, -0.1) is 0 Å². The Labute approximate surface area is 122 Å². The summed E-state index contributed by atoms with van der Waals surface area (Å²) in [5.74, 6) is 0. The van der Waals surface area contributed by atoms with Gasteiger partial charge in [0.15, 0.2) is 0 Å². The number of nitrogens with one attached hydrogen (secondary N) is 1. The Morgan fingerprint density at radius 3 is 2.85 bits per heavy atom. The van der Waals surface area contributed by atoms with Gasteiger partial charge >= 0.3 is 6.09 Å². The highest BCUT2D eigenvalue weighted by molar-refractivity contribution is 7.08. The van der Waals surface area contributed by atoms with Crippen molar-refractivity contribution in [1.82, 2.24) is 5.32 Å². The van der Waals surface area contributed by atoms with Gasteiger partial charge in [0.05, 0.1) is 0 Å². The molecule has 104 valence electrons. The van der Waals surface area contributed by atoms with Crippen LogP contribution in [-0.2, 0) is 11.3 Å². The quantitative estimate of drug-likeness (QED) is 0.900. The molecule has 0 bridgehead atoms. The van der Waals surface area contributed by atoms with Gasteiger partial charge in [-0.2, -0.15) is 11.3 Å². The van der Waals surface area contributed by atoms with E-state index >= 15 is 0 Å². The van der Waals surface area contributed by atoms with Gasteiger partial charge in [0, 0.05) is 6.04 Å². The molecule has 0 aliphatic carbocycles. The van der Waals surface area contributed by atoms with Crippen molar-refractivity contribution >= 4 is 23.5 Å². The van der Waals surface area contributed by atoms with Crippen LogP contribution in [0.4, 0.5) is 4.79 Å². The summed E-state index contributed by atoms with van der Waals surface area (Å²) in [7, 11) is 0. The van der Waals surface area contributed by atoms with E-state index in [4.69, 9.17) is 4.74 Å². The third-order valence-electron chi connectivity index (χ3n) is 2.68. The lowest BCUT2D eigenvalue weighted by atomic mass is 10.2. The molecule has 1 amide bonds. The summed E-state index contributed by atoms with van der Waals surface area (Å²) < 4.78 is 5.15. The zero-order chi connectivity index (χ0) is 14.2. The Morgan fingerprint density at radius 1 is 1.35 bits per heavy atom. The summed E-state index contributed by atoms with van der Waals surface area (Å²) in [6.07, 6.45) is 3.51. The van der Waals surface area contributed by atoms with Crippen LogP contribution in [0.25, 0.3) is 6.08 Å². The molecular formula is C16H17NO2S. The Balaban J connectivity index is 1.74. The highest BCUT2D eigenvalue weighted by Crippen LogP contribution is 2.08. The predicted octanol–water partition coefficient (Wildman–Crippen LogP) is 4.08. The minimum absolute atomic E-state index is 0.0711. The zero-order valence-corrected chi connectivity index (χ0v) is 12.1. The smallest absolute Gasteiger partial charge is 0.407 e. The van der Waals surface area contributed by atoms with Crippen molar-refractivity contribution in [3.63, 3.8) is 0 Å². The lowest BCUT2D eigenvalue weighted by molar-refractivity contribution is 0.138. The fraction of sp³-hybridized carbons (Fsp3) is 0.188. The minimum Gasteiger partial charge on any atom is -0.445 e. The molecule has 2 rings (SSSR count). The van der Waals surface area contributed by atoms with Crippen molar-refractivity contribution in [2.24, 2.45) is 0 Å². The van der Waals surface area contributed by atoms with Crippen molar-refractivity contribution in [2.75, 3.05) is 0 Å². The first-order valence-electron chi connectivity index (χ1n) is 6.41. The second-order valence-electron chi connectivity index (χ2n) is 4.41. The molecule has 0 aliphatic rings. The summed E-state index contributed by atoms with van der Waals surface area (Å²) in [5.41, 5.74) is 2.12. The summed E-state index contributed by atoms with van der Waals surface area (Å²) in [5, 5.41) is 6.84. The number of carbonyl (C=O) groups excluding carboxylic acids is 1. The number of amides is 1. The molecule has 4 heteroatoms. The normalized spacial score (nSPS) is 12.2. The van der Waals surface area contributed by atoms with Gasteiger partial charge in [-0.05, 0) is 34.9 Å². The maximum absolute atomic E-state index is 11.6. The fourth-order valence-electron chi connectivity index (χ4n) is 1.62. The molecule has 0 spiro atoms. The minimum atomic E-state index is -0.406. The van der Waals surface area contributed by atoms with E-state index in [1.54, 1.807) is 11.3 Å². The summed E-state index contributed by atoms with van der Waals surface area (Å²) in [4.78, 5) is 11.6. The van der Waals surface area contributed by atoms with Gasteiger partial charge in [-0.3, -0.25) is 0 Å². The van der Waals surface area contributed by atoms with Crippen molar-refractivity contribution in [3.05, 3.63) is 64.4 Å². The number of rotatable bonds is 5. The first kappa shape index (κ1) is 14.3. The molecule has 1 heterocycles. The third-order valence-corrected chi connectivity index (χ3v) is 3.38. The standard InChI is InChI=1S/C16H17NO2S/c1-13(7-8-15-9-10-20-12-15)17-16(18)19-11-14-5-3-2-4-6-14/h2-10,12-13H,11H2,1H3,(H,17,18). The molecule has 3 nitrogen and oxygen atoms in total. The van der Waals surface area contributed by atoms with Crippen LogP contribution < -0.4 is 5.32 Å². The maximum Gasteiger partial charge on any atom is 0.407 e. The van der Waals surface area contributed by atoms with Crippen LogP contribution in [0.1, 0.15) is 18.1 Å². The molecule has 0 saturated heterocycles. The molecule has 2 aromatic rings. The van der Waals surface area contributed by atoms with E-state index in [-0.39, 0.29) is 12.6 Å². The molecule has 0 fully saturated rings. The van der Waals surface area contributed by atoms with Gasteiger partial charge in [-0.1, -0.05) is 42.5 Å². The first-order chi connectivity index (χ1) is 9.74. The fourth-order valence-corrected chi connectivity index (χ4v) is 2.25. The third kappa shape index (κ3) is 4.90. The molecule has 0 aliphatic heterocycles. The van der Waals surface area contributed by atoms with Gasteiger partial charge in [0.25, 0.3) is 0 Å². The summed E-state index contributed by atoms with van der Waals surface area (Å²) in [6, 6.07) is 11.6. The van der Waals surface area contributed by atoms with Gasteiger partial charge < -0.3 is 10.1 Å². The monoisotopic (exact) mass is 287 g/mol. The Bertz CT molecular complexity index is 549. The maximum atomic E-state index is 11.6. The second-order valence-corrected chi connectivity index (χ2v) is 5.19. The van der Waals surface area contributed by atoms with E-state index in [1.807, 2.05) is 60.9 Å². The van der Waals surface area contributed by atoms with Gasteiger partial charge in [0.2, 0.25) is 0 Å². The highest BCUT2D eigenvalue weighted by Gasteiger charge is 2.05. The van der Waals surface area contributed by atoms with Crippen LogP contribution in [-0.4, -0.2) is 12.1 Å². The number of hydrogen-bond donors (Lipinski definition) is 1. The lowest BCUT2D eigenvalue weighted by Crippen LogP contribution is -2.31. The van der Waals surface area contributed by atoms with Crippen LogP contribution in [0.2, 0.25) is 0 Å². The van der Waals surface area contributed by atoms with E-state index in [0.29, 0.717) is 0 Å². The molecule has 1 aromatic carbocycles. The van der Waals surface area contributed by atoms with Crippen LogP contribution in [0.5, 0.6) is 0 Å². The molecule has 0 saturated carbocycles. The molecule has 1 aromatic heterocycles. The molecule has 0 radical (unpaired) electrons. The number of thiophene rings is 1. The Morgan fingerprint density at radius 2 is 2.15 bits per heavy atom. The predicted molar refractivity (Wildman–Crippen MR) is 82.6 cm³/mol. The second kappa shape index (κ2) is 7.50. The van der Waals surface area contributed by atoms with E-state index < -0.39 is 6.09 Å². The highest BCUT2D eigenvalue weighted by atomic mass is 32.1. The number of carbonyl (C=O) groups is 1. The van der Waals surface area contributed by atoms with Crippen LogP contribution in [0.3, 0.4) is 0 Å². The average Bonchev–Trinajstić information content (AvgIpc) is 2.97. The first-order valence-corrected chi connectivity index (χ1v) is 7.36. The Hall–Kier alpha value is -2.07. The van der Waals surface area contributed by atoms with Crippen LogP contribution in [0, 0.1) is 0 Å². The van der Waals surface area contributed by atoms with Gasteiger partial charge in [0.1, 0.15) is 6.61 Å². The van der Waals surface area contributed by atoms with E-state index in [2.05, 4.69) is 10.7 Å². The number of hydrogen-bond acceptors (Lipinski definition) is 3. The largest absolute Gasteiger partial charge is 0.445 e. The number of alkyl carbamates (subject to hydrolysis) is 1. The van der Waals surface area contributed by atoms with Crippen molar-refractivity contribution in [3.8, 4) is 0 Å². The topological polar surface area (TPSA) is 38.3 Å². The van der Waals surface area contributed by atoms with E-state index in [9.17, 15) is 4.79 Å². The molecular weight excluding hydrogens is 270 g/mol. The SMILES string of the molecule is CC(C=Cc1ccsc1)NC(=O)OCc1ccccc1. The summed E-state index contributed by atoms with van der Waals surface area (Å²) >= 11 is 1.65. The molecule has 1 atom stereocenters. The lowest BCUT2D eigenvalue weighted by Gasteiger charge is -2.10. The molecule has 1 unspecified atom stereocenters. The van der Waals surface area contributed by atoms with Crippen molar-refractivity contribution < 1.29 is 9.53 Å². The van der Waals surface area contributed by atoms with Crippen LogP contribution in [0.15, 0.2) is 53.2 Å². The zero-order valence-electron chi connectivity index (χ0n) is 11.3. The summed E-state index contributed by atoms with van der Waals surface area (Å²) in [6.45, 7) is 2.19. The van der Waals surface area contributed by atoms with E-state index in [0.717, 1.165) is 11.1 Å². The van der Waals surface area contributed by atoms with Crippen molar-refractivity contribution in [1.29, 1.82) is 0 Å². The number of benzene rings is 1.